The summed E-state index contributed by atoms with van der Waals surface area (Å²) in [5.74, 6) is 1.49. The lowest BCUT2D eigenvalue weighted by molar-refractivity contribution is 0.174. The first kappa shape index (κ1) is 9.02. The quantitative estimate of drug-likeness (QED) is 0.791. The molecule has 0 fully saturated rings. The van der Waals surface area contributed by atoms with Gasteiger partial charge < -0.3 is 9.47 Å². The molecule has 0 amide bonds. The van der Waals surface area contributed by atoms with Crippen molar-refractivity contribution in [2.75, 3.05) is 6.79 Å². The minimum Gasteiger partial charge on any atom is -0.454 e. The molecule has 0 unspecified atom stereocenters. The number of aromatic amines is 1. The zero-order chi connectivity index (χ0) is 11.0. The fourth-order valence-corrected chi connectivity index (χ4v) is 1.62. The maximum atomic E-state index is 10.8. The molecule has 0 saturated heterocycles. The van der Waals surface area contributed by atoms with E-state index in [9.17, 15) is 4.79 Å². The predicted octanol–water partition coefficient (Wildman–Crippen LogP) is 0.348. The molecule has 0 radical (unpaired) electrons. The van der Waals surface area contributed by atoms with Gasteiger partial charge in [0.25, 0.3) is 0 Å². The molecular formula is C10H9N3O3. The fourth-order valence-electron chi connectivity index (χ4n) is 1.62. The number of aromatic nitrogens is 3. The van der Waals surface area contributed by atoms with Crippen LogP contribution in [0.25, 0.3) is 0 Å². The number of ether oxygens (including phenoxy) is 2. The maximum absolute atomic E-state index is 10.8. The van der Waals surface area contributed by atoms with Crippen LogP contribution in [-0.4, -0.2) is 21.6 Å². The SMILES string of the molecule is O=c1ncn(Cc2ccc3c(c2)OCO3)[nH]1. The van der Waals surface area contributed by atoms with E-state index in [1.54, 1.807) is 4.68 Å². The number of H-pyrrole nitrogens is 1. The van der Waals surface area contributed by atoms with Gasteiger partial charge in [0.2, 0.25) is 6.79 Å². The van der Waals surface area contributed by atoms with Crippen LogP contribution in [0.3, 0.4) is 0 Å². The highest BCUT2D eigenvalue weighted by molar-refractivity contribution is 5.44. The van der Waals surface area contributed by atoms with Gasteiger partial charge in [-0.3, -0.25) is 4.68 Å². The summed E-state index contributed by atoms with van der Waals surface area (Å²) < 4.78 is 12.1. The number of nitrogens with zero attached hydrogens (tertiary/aromatic N) is 2. The average Bonchev–Trinajstić information content (AvgIpc) is 2.87. The topological polar surface area (TPSA) is 69.1 Å². The van der Waals surface area contributed by atoms with Gasteiger partial charge >= 0.3 is 5.69 Å². The number of hydrogen-bond donors (Lipinski definition) is 1. The van der Waals surface area contributed by atoms with Gasteiger partial charge in [0.1, 0.15) is 6.33 Å². The predicted molar refractivity (Wildman–Crippen MR) is 54.5 cm³/mol. The highest BCUT2D eigenvalue weighted by Gasteiger charge is 2.13. The van der Waals surface area contributed by atoms with Crippen LogP contribution in [-0.2, 0) is 6.54 Å². The van der Waals surface area contributed by atoms with Crippen LogP contribution < -0.4 is 15.2 Å². The van der Waals surface area contributed by atoms with Crippen molar-refractivity contribution in [3.63, 3.8) is 0 Å². The van der Waals surface area contributed by atoms with Crippen LogP contribution in [0.1, 0.15) is 5.56 Å². The Hall–Kier alpha value is -2.24. The molecule has 1 aliphatic heterocycles. The Morgan fingerprint density at radius 2 is 2.25 bits per heavy atom. The molecule has 6 nitrogen and oxygen atoms in total. The molecule has 2 aromatic rings. The van der Waals surface area contributed by atoms with Crippen LogP contribution >= 0.6 is 0 Å². The molecule has 1 N–H and O–H groups in total. The third kappa shape index (κ3) is 1.54. The molecule has 2 heterocycles. The summed E-state index contributed by atoms with van der Waals surface area (Å²) in [7, 11) is 0. The van der Waals surface area contributed by atoms with E-state index in [1.165, 1.54) is 6.33 Å². The number of fused-ring (bicyclic) bond motifs is 1. The van der Waals surface area contributed by atoms with Crippen molar-refractivity contribution in [1.82, 2.24) is 14.8 Å². The molecular weight excluding hydrogens is 210 g/mol. The zero-order valence-corrected chi connectivity index (χ0v) is 8.34. The Labute approximate surface area is 90.4 Å². The van der Waals surface area contributed by atoms with Gasteiger partial charge in [-0.1, -0.05) is 6.07 Å². The zero-order valence-electron chi connectivity index (χ0n) is 8.34. The van der Waals surface area contributed by atoms with Crippen LogP contribution in [0.5, 0.6) is 11.5 Å². The first-order valence-electron chi connectivity index (χ1n) is 4.81. The second-order valence-corrected chi connectivity index (χ2v) is 3.48. The van der Waals surface area contributed by atoms with E-state index in [0.717, 1.165) is 17.1 Å². The van der Waals surface area contributed by atoms with E-state index in [0.29, 0.717) is 6.54 Å². The van der Waals surface area contributed by atoms with Crippen molar-refractivity contribution in [1.29, 1.82) is 0 Å². The van der Waals surface area contributed by atoms with Crippen molar-refractivity contribution in [2.45, 2.75) is 6.54 Å². The van der Waals surface area contributed by atoms with E-state index >= 15 is 0 Å². The second-order valence-electron chi connectivity index (χ2n) is 3.48. The van der Waals surface area contributed by atoms with Crippen molar-refractivity contribution in [3.8, 4) is 11.5 Å². The first-order valence-corrected chi connectivity index (χ1v) is 4.81. The van der Waals surface area contributed by atoms with Crippen LogP contribution in [0.15, 0.2) is 29.3 Å². The van der Waals surface area contributed by atoms with Gasteiger partial charge in [0, 0.05) is 0 Å². The minimum absolute atomic E-state index is 0.265. The van der Waals surface area contributed by atoms with Crippen LogP contribution in [0.2, 0.25) is 0 Å². The monoisotopic (exact) mass is 219 g/mol. The molecule has 0 bridgehead atoms. The molecule has 0 saturated carbocycles. The highest BCUT2D eigenvalue weighted by Crippen LogP contribution is 2.32. The highest BCUT2D eigenvalue weighted by atomic mass is 16.7. The van der Waals surface area contributed by atoms with Crippen molar-refractivity contribution < 1.29 is 9.47 Å². The van der Waals surface area contributed by atoms with E-state index in [1.807, 2.05) is 18.2 Å². The number of nitrogens with one attached hydrogen (secondary N) is 1. The third-order valence-electron chi connectivity index (χ3n) is 2.34. The van der Waals surface area contributed by atoms with Gasteiger partial charge in [-0.15, -0.1) is 0 Å². The largest absolute Gasteiger partial charge is 0.454 e. The molecule has 6 heteroatoms. The van der Waals surface area contributed by atoms with E-state index in [-0.39, 0.29) is 12.5 Å². The van der Waals surface area contributed by atoms with Crippen LogP contribution in [0, 0.1) is 0 Å². The molecule has 0 atom stereocenters. The number of rotatable bonds is 2. The van der Waals surface area contributed by atoms with E-state index in [2.05, 4.69) is 10.1 Å². The van der Waals surface area contributed by atoms with Gasteiger partial charge in [0.05, 0.1) is 6.54 Å². The van der Waals surface area contributed by atoms with Gasteiger partial charge in [-0.25, -0.2) is 9.89 Å². The molecule has 1 aliphatic rings. The molecule has 1 aromatic carbocycles. The van der Waals surface area contributed by atoms with Crippen molar-refractivity contribution in [3.05, 3.63) is 40.6 Å². The Morgan fingerprint density at radius 1 is 1.38 bits per heavy atom. The summed E-state index contributed by atoms with van der Waals surface area (Å²) in [5, 5.41) is 2.57. The number of benzene rings is 1. The Balaban J connectivity index is 1.88. The van der Waals surface area contributed by atoms with E-state index < -0.39 is 0 Å². The standard InChI is InChI=1S/C10H9N3O3/c14-10-11-5-13(12-10)4-7-1-2-8-9(3-7)16-6-15-8/h1-3,5H,4,6H2,(H,12,14). The Kier molecular flexibility index (Phi) is 1.92. The molecule has 0 spiro atoms. The lowest BCUT2D eigenvalue weighted by atomic mass is 10.2. The lowest BCUT2D eigenvalue weighted by Gasteiger charge is -2.03. The third-order valence-corrected chi connectivity index (χ3v) is 2.34. The normalized spacial score (nSPS) is 13.0. The average molecular weight is 219 g/mol. The summed E-state index contributed by atoms with van der Waals surface area (Å²) in [4.78, 5) is 14.4. The van der Waals surface area contributed by atoms with Crippen LogP contribution in [0.4, 0.5) is 0 Å². The fraction of sp³-hybridized carbons (Fsp3) is 0.200. The minimum atomic E-state index is -0.347. The maximum Gasteiger partial charge on any atom is 0.361 e. The van der Waals surface area contributed by atoms with Crippen molar-refractivity contribution >= 4 is 0 Å². The second kappa shape index (κ2) is 3.41. The molecule has 0 aliphatic carbocycles. The Morgan fingerprint density at radius 3 is 3.06 bits per heavy atom. The summed E-state index contributed by atoms with van der Waals surface area (Å²) in [6.07, 6.45) is 1.47. The van der Waals surface area contributed by atoms with Crippen molar-refractivity contribution in [2.24, 2.45) is 0 Å². The first-order chi connectivity index (χ1) is 7.81. The summed E-state index contributed by atoms with van der Waals surface area (Å²) >= 11 is 0. The van der Waals surface area contributed by atoms with Gasteiger partial charge in [0.15, 0.2) is 11.5 Å². The summed E-state index contributed by atoms with van der Waals surface area (Å²) in [5.41, 5.74) is 0.665. The molecule has 1 aromatic heterocycles. The molecule has 82 valence electrons. The van der Waals surface area contributed by atoms with E-state index in [4.69, 9.17) is 9.47 Å². The van der Waals surface area contributed by atoms with Gasteiger partial charge in [-0.05, 0) is 17.7 Å². The smallest absolute Gasteiger partial charge is 0.361 e. The molecule has 16 heavy (non-hydrogen) atoms. The number of hydrogen-bond acceptors (Lipinski definition) is 4. The summed E-state index contributed by atoms with van der Waals surface area (Å²) in [6.45, 7) is 0.812. The lowest BCUT2D eigenvalue weighted by Crippen LogP contribution is -2.07. The summed E-state index contributed by atoms with van der Waals surface area (Å²) in [6, 6.07) is 5.67. The van der Waals surface area contributed by atoms with Gasteiger partial charge in [-0.2, -0.15) is 4.98 Å². The molecule has 3 rings (SSSR count). The Bertz CT molecular complexity index is 573.